The maximum atomic E-state index is 15.4. The molecule has 5 aromatic carbocycles. The van der Waals surface area contributed by atoms with Gasteiger partial charge < -0.3 is 14.7 Å². The zero-order valence-electron chi connectivity index (χ0n) is 33.6. The molecule has 2 N–H and O–H groups in total. The van der Waals surface area contributed by atoms with Gasteiger partial charge >= 0.3 is 0 Å². The van der Waals surface area contributed by atoms with Crippen molar-refractivity contribution in [2.45, 2.75) is 31.1 Å². The molecule has 12 heteroatoms. The van der Waals surface area contributed by atoms with Gasteiger partial charge in [0.1, 0.15) is 11.5 Å². The van der Waals surface area contributed by atoms with E-state index in [9.17, 15) is 19.5 Å². The lowest BCUT2D eigenvalue weighted by Crippen LogP contribution is -2.53. The van der Waals surface area contributed by atoms with E-state index in [1.54, 1.807) is 36.4 Å². The molecule has 4 amide bonds. The maximum absolute atomic E-state index is 15.4. The number of anilines is 3. The van der Waals surface area contributed by atoms with Crippen LogP contribution in [0.3, 0.4) is 0 Å². The minimum Gasteiger partial charge on any atom is -0.508 e. The lowest BCUT2D eigenvalue weighted by atomic mass is 9.49. The number of carbonyl (C=O) groups excluding carboxylic acids is 4. The standard InChI is InChI=1S/C48H44N6O6/c1-28-10-12-32(13-11-28)51-54-45(57)40-27-39-36(43(37-23-22-35(55)26-41(37)60-4)48(40,47(54)59)29-8-6-5-7-9-29)24-25-38-42(39)46(58)53(44(38)56)34-20-16-31(17-21-34)50-49-30-14-18-33(19-15-30)52(2)3/h5-24,26,38-40,42-43,51,55H,25,27H2,1-4H3/t38-,39+,40-,42-,43+,48+/m0/s1. The van der Waals surface area contributed by atoms with Crippen LogP contribution in [-0.4, -0.2) is 54.9 Å². The molecule has 0 unspecified atom stereocenters. The number of carbonyl (C=O) groups is 4. The summed E-state index contributed by atoms with van der Waals surface area (Å²) < 4.78 is 5.89. The summed E-state index contributed by atoms with van der Waals surface area (Å²) in [4.78, 5) is 62.8. The normalized spacial score (nSPS) is 24.6. The number of methoxy groups -OCH3 is 1. The van der Waals surface area contributed by atoms with E-state index < -0.39 is 46.8 Å². The first-order chi connectivity index (χ1) is 29.0. The van der Waals surface area contributed by atoms with Gasteiger partial charge in [-0.1, -0.05) is 65.7 Å². The Kier molecular flexibility index (Phi) is 9.57. The average Bonchev–Trinajstić information content (AvgIpc) is 3.64. The number of aromatic hydroxyl groups is 1. The molecule has 5 aromatic rings. The number of allylic oxidation sites excluding steroid dienone is 2. The summed E-state index contributed by atoms with van der Waals surface area (Å²) in [7, 11) is 5.43. The van der Waals surface area contributed by atoms with Crippen LogP contribution in [0.5, 0.6) is 11.5 Å². The lowest BCUT2D eigenvalue weighted by molar-refractivity contribution is -0.138. The van der Waals surface area contributed by atoms with Crippen molar-refractivity contribution in [2.24, 2.45) is 33.9 Å². The van der Waals surface area contributed by atoms with Gasteiger partial charge in [-0.05, 0) is 98.0 Å². The van der Waals surface area contributed by atoms with E-state index >= 15 is 4.79 Å². The van der Waals surface area contributed by atoms with Crippen molar-refractivity contribution in [1.29, 1.82) is 0 Å². The van der Waals surface area contributed by atoms with Crippen molar-refractivity contribution in [1.82, 2.24) is 5.01 Å². The molecule has 302 valence electrons. The first-order valence-electron chi connectivity index (χ1n) is 20.0. The Morgan fingerprint density at radius 1 is 0.783 bits per heavy atom. The highest BCUT2D eigenvalue weighted by molar-refractivity contribution is 6.22. The number of benzene rings is 5. The SMILES string of the molecule is COc1cc(O)ccc1[C@H]1C2=CC[C@@H]3C(=O)N(c4ccc(N=Nc5ccc(N(C)C)cc5)cc4)C(=O)[C@@H]3[C@@H]2C[C@H]2C(=O)N(Nc3ccc(C)cc3)C(=O)[C@@]12c1ccccc1. The highest BCUT2D eigenvalue weighted by Gasteiger charge is 2.70. The molecule has 4 aliphatic rings. The van der Waals surface area contributed by atoms with E-state index in [-0.39, 0.29) is 30.4 Å². The summed E-state index contributed by atoms with van der Waals surface area (Å²) in [6, 6.07) is 36.0. The number of hydrogen-bond acceptors (Lipinski definition) is 10. The third-order valence-electron chi connectivity index (χ3n) is 12.7. The average molecular weight is 801 g/mol. The molecule has 2 aliphatic heterocycles. The number of imide groups is 2. The Bertz CT molecular complexity index is 2570. The zero-order valence-corrected chi connectivity index (χ0v) is 33.6. The molecule has 0 spiro atoms. The van der Waals surface area contributed by atoms with Gasteiger partial charge in [0.2, 0.25) is 11.8 Å². The zero-order chi connectivity index (χ0) is 41.9. The number of fused-ring (bicyclic) bond motifs is 4. The van der Waals surface area contributed by atoms with E-state index in [1.807, 2.05) is 111 Å². The van der Waals surface area contributed by atoms with Crippen LogP contribution >= 0.6 is 0 Å². The molecule has 6 atom stereocenters. The summed E-state index contributed by atoms with van der Waals surface area (Å²) in [5.41, 5.74) is 7.96. The number of nitrogens with one attached hydrogen (secondary N) is 1. The number of hydrazine groups is 1. The molecule has 2 heterocycles. The van der Waals surface area contributed by atoms with E-state index in [0.29, 0.717) is 39.6 Å². The number of ether oxygens (including phenoxy) is 1. The molecule has 3 fully saturated rings. The predicted molar refractivity (Wildman–Crippen MR) is 227 cm³/mol. The molecule has 12 nitrogen and oxygen atoms in total. The molecular formula is C48H44N6O6. The Labute approximate surface area is 347 Å². The number of rotatable bonds is 9. The molecule has 2 aliphatic carbocycles. The number of hydrogen-bond donors (Lipinski definition) is 2. The third kappa shape index (κ3) is 6.13. The largest absolute Gasteiger partial charge is 0.508 e. The van der Waals surface area contributed by atoms with Crippen molar-refractivity contribution >= 4 is 52.1 Å². The summed E-state index contributed by atoms with van der Waals surface area (Å²) in [5, 5.41) is 20.5. The number of phenolic OH excluding ortho intramolecular Hbond substituents is 1. The topological polar surface area (TPSA) is 144 Å². The van der Waals surface area contributed by atoms with Gasteiger partial charge in [-0.3, -0.25) is 29.5 Å². The number of nitrogens with zero attached hydrogens (tertiary/aromatic N) is 5. The number of azo groups is 1. The molecule has 0 bridgehead atoms. The Morgan fingerprint density at radius 3 is 2.10 bits per heavy atom. The third-order valence-corrected chi connectivity index (χ3v) is 12.7. The van der Waals surface area contributed by atoms with Crippen molar-refractivity contribution < 1.29 is 29.0 Å². The second-order valence-corrected chi connectivity index (χ2v) is 16.2. The van der Waals surface area contributed by atoms with Gasteiger partial charge in [0.05, 0.1) is 53.0 Å². The van der Waals surface area contributed by atoms with Crippen molar-refractivity contribution in [3.8, 4) is 11.5 Å². The highest BCUT2D eigenvalue weighted by atomic mass is 16.5. The van der Waals surface area contributed by atoms with Gasteiger partial charge in [-0.2, -0.15) is 15.2 Å². The minimum atomic E-state index is -1.47. The summed E-state index contributed by atoms with van der Waals surface area (Å²) >= 11 is 0. The minimum absolute atomic E-state index is 0.0270. The Hall–Kier alpha value is -7.08. The highest BCUT2D eigenvalue weighted by Crippen LogP contribution is 2.65. The fraction of sp³-hybridized carbons (Fsp3) is 0.250. The van der Waals surface area contributed by atoms with Crippen LogP contribution in [0.15, 0.2) is 143 Å². The van der Waals surface area contributed by atoms with Crippen molar-refractivity contribution in [2.75, 3.05) is 36.4 Å². The van der Waals surface area contributed by atoms with Gasteiger partial charge in [0.15, 0.2) is 0 Å². The Morgan fingerprint density at radius 2 is 1.45 bits per heavy atom. The Balaban J connectivity index is 1.11. The van der Waals surface area contributed by atoms with E-state index in [4.69, 9.17) is 4.74 Å². The quantitative estimate of drug-likeness (QED) is 0.0860. The van der Waals surface area contributed by atoms with Crippen molar-refractivity contribution in [3.63, 3.8) is 0 Å². The van der Waals surface area contributed by atoms with Crippen LogP contribution in [-0.2, 0) is 24.6 Å². The predicted octanol–water partition coefficient (Wildman–Crippen LogP) is 8.38. The van der Waals surface area contributed by atoms with Crippen molar-refractivity contribution in [3.05, 3.63) is 150 Å². The van der Waals surface area contributed by atoms with Gasteiger partial charge in [-0.25, -0.2) is 0 Å². The first-order valence-corrected chi connectivity index (χ1v) is 20.0. The van der Waals surface area contributed by atoms with Crippen LogP contribution in [0.2, 0.25) is 0 Å². The lowest BCUT2D eigenvalue weighted by Gasteiger charge is -2.50. The number of amides is 4. The molecule has 60 heavy (non-hydrogen) atoms. The van der Waals surface area contributed by atoms with Gasteiger partial charge in [-0.15, -0.1) is 0 Å². The van der Waals surface area contributed by atoms with Crippen LogP contribution < -0.4 is 20.0 Å². The summed E-state index contributed by atoms with van der Waals surface area (Å²) in [6.07, 6.45) is 2.41. The van der Waals surface area contributed by atoms with Crippen LogP contribution in [0.4, 0.5) is 28.4 Å². The van der Waals surface area contributed by atoms with Crippen LogP contribution in [0.25, 0.3) is 0 Å². The molecule has 2 saturated heterocycles. The fourth-order valence-electron chi connectivity index (χ4n) is 9.89. The maximum Gasteiger partial charge on any atom is 0.260 e. The monoisotopic (exact) mass is 800 g/mol. The second kappa shape index (κ2) is 14.9. The fourth-order valence-corrected chi connectivity index (χ4v) is 9.89. The van der Waals surface area contributed by atoms with Crippen LogP contribution in [0.1, 0.15) is 35.4 Å². The first kappa shape index (κ1) is 38.4. The second-order valence-electron chi connectivity index (χ2n) is 16.2. The molecule has 1 saturated carbocycles. The van der Waals surface area contributed by atoms with E-state index in [1.165, 1.54) is 18.1 Å². The van der Waals surface area contributed by atoms with Gasteiger partial charge in [0.25, 0.3) is 11.8 Å². The van der Waals surface area contributed by atoms with E-state index in [0.717, 1.165) is 21.8 Å². The van der Waals surface area contributed by atoms with Gasteiger partial charge in [0, 0.05) is 37.3 Å². The summed E-state index contributed by atoms with van der Waals surface area (Å²) in [5.74, 6) is -5.00. The van der Waals surface area contributed by atoms with E-state index in [2.05, 4.69) is 15.7 Å². The number of phenols is 1. The number of aryl methyl sites for hydroxylation is 1. The van der Waals surface area contributed by atoms with Crippen LogP contribution in [0, 0.1) is 30.6 Å². The molecule has 0 aromatic heterocycles. The smallest absolute Gasteiger partial charge is 0.260 e. The molecule has 9 rings (SSSR count). The summed E-state index contributed by atoms with van der Waals surface area (Å²) in [6.45, 7) is 1.96. The molecule has 0 radical (unpaired) electrons. The molecular weight excluding hydrogens is 757 g/mol.